The van der Waals surface area contributed by atoms with Crippen molar-refractivity contribution in [1.29, 1.82) is 0 Å². The summed E-state index contributed by atoms with van der Waals surface area (Å²) in [5.41, 5.74) is 2.51. The van der Waals surface area contributed by atoms with E-state index in [9.17, 15) is 9.59 Å². The highest BCUT2D eigenvalue weighted by atomic mass is 16.5. The summed E-state index contributed by atoms with van der Waals surface area (Å²) in [5, 5.41) is 2.14. The molecule has 1 aliphatic heterocycles. The zero-order valence-electron chi connectivity index (χ0n) is 16.7. The van der Waals surface area contributed by atoms with Crippen molar-refractivity contribution in [2.45, 2.75) is 33.6 Å². The van der Waals surface area contributed by atoms with Gasteiger partial charge in [-0.3, -0.25) is 9.79 Å². The van der Waals surface area contributed by atoms with Crippen molar-refractivity contribution in [3.8, 4) is 0 Å². The first-order valence-corrected chi connectivity index (χ1v) is 9.56. The van der Waals surface area contributed by atoms with Crippen molar-refractivity contribution in [2.24, 2.45) is 10.9 Å². The van der Waals surface area contributed by atoms with Gasteiger partial charge in [0.25, 0.3) is 0 Å². The zero-order valence-corrected chi connectivity index (χ0v) is 16.7. The minimum absolute atomic E-state index is 0.257. The van der Waals surface area contributed by atoms with Crippen LogP contribution in [-0.4, -0.2) is 30.9 Å². The Labute approximate surface area is 165 Å². The van der Waals surface area contributed by atoms with Gasteiger partial charge in [0.15, 0.2) is 0 Å². The topological polar surface area (TPSA) is 65.0 Å². The maximum absolute atomic E-state index is 12.8. The van der Waals surface area contributed by atoms with Crippen LogP contribution in [0, 0.1) is 5.92 Å². The van der Waals surface area contributed by atoms with Crippen molar-refractivity contribution in [2.75, 3.05) is 13.2 Å². The molecular formula is C23H25NO4. The third kappa shape index (κ3) is 3.70. The van der Waals surface area contributed by atoms with E-state index in [-0.39, 0.29) is 19.2 Å². The van der Waals surface area contributed by atoms with Gasteiger partial charge in [-0.15, -0.1) is 0 Å². The molecule has 0 spiro atoms. The van der Waals surface area contributed by atoms with E-state index in [1.807, 2.05) is 42.5 Å². The van der Waals surface area contributed by atoms with Crippen LogP contribution >= 0.6 is 0 Å². The van der Waals surface area contributed by atoms with Gasteiger partial charge in [0.2, 0.25) is 0 Å². The largest absolute Gasteiger partial charge is 0.465 e. The van der Waals surface area contributed by atoms with Crippen LogP contribution in [-0.2, 0) is 19.1 Å². The lowest BCUT2D eigenvalue weighted by molar-refractivity contribution is -0.146. The lowest BCUT2D eigenvalue weighted by Gasteiger charge is -2.31. The Balaban J connectivity index is 2.19. The highest BCUT2D eigenvalue weighted by Crippen LogP contribution is 2.40. The molecular weight excluding hydrogens is 354 g/mol. The number of benzene rings is 2. The molecule has 5 nitrogen and oxygen atoms in total. The van der Waals surface area contributed by atoms with E-state index in [1.165, 1.54) is 0 Å². The molecule has 0 bridgehead atoms. The number of rotatable bonds is 5. The average molecular weight is 379 g/mol. The van der Waals surface area contributed by atoms with Crippen molar-refractivity contribution >= 4 is 28.4 Å². The molecule has 1 aliphatic rings. The molecule has 0 amide bonds. The number of carbonyl (C=O) groups is 2. The standard InChI is InChI=1S/C23H25NO4/c1-5-27-22(25)19-14(3)24-15(4)20(23(26)28-6-2)21(19)18-12-11-16-9-7-8-10-17(16)13-18/h7-13,19,21H,5-6H2,1-4H3. The fraction of sp³-hybridized carbons (Fsp3) is 0.348. The van der Waals surface area contributed by atoms with Crippen LogP contribution in [0.4, 0.5) is 0 Å². The number of carbonyl (C=O) groups excluding carboxylic acids is 2. The van der Waals surface area contributed by atoms with Crippen LogP contribution in [0.1, 0.15) is 39.2 Å². The summed E-state index contributed by atoms with van der Waals surface area (Å²) < 4.78 is 10.6. The first kappa shape index (κ1) is 19.8. The highest BCUT2D eigenvalue weighted by Gasteiger charge is 2.42. The molecule has 1 heterocycles. The second-order valence-electron chi connectivity index (χ2n) is 6.79. The number of ether oxygens (including phenoxy) is 2. The lowest BCUT2D eigenvalue weighted by Crippen LogP contribution is -2.36. The summed E-state index contributed by atoms with van der Waals surface area (Å²) in [4.78, 5) is 30.1. The molecule has 5 heteroatoms. The van der Waals surface area contributed by atoms with Gasteiger partial charge in [0.05, 0.1) is 18.8 Å². The van der Waals surface area contributed by atoms with E-state index < -0.39 is 17.8 Å². The second-order valence-corrected chi connectivity index (χ2v) is 6.79. The molecule has 146 valence electrons. The molecule has 0 aromatic heterocycles. The van der Waals surface area contributed by atoms with Gasteiger partial charge in [-0.1, -0.05) is 42.5 Å². The molecule has 2 aromatic rings. The number of hydrogen-bond acceptors (Lipinski definition) is 5. The van der Waals surface area contributed by atoms with E-state index in [1.54, 1.807) is 27.7 Å². The Morgan fingerprint density at radius 2 is 1.64 bits per heavy atom. The number of esters is 2. The summed E-state index contributed by atoms with van der Waals surface area (Å²) in [6.45, 7) is 7.65. The molecule has 0 N–H and O–H groups in total. The van der Waals surface area contributed by atoms with E-state index >= 15 is 0 Å². The molecule has 0 saturated carbocycles. The smallest absolute Gasteiger partial charge is 0.336 e. The summed E-state index contributed by atoms with van der Waals surface area (Å²) in [7, 11) is 0. The molecule has 0 aliphatic carbocycles. The monoisotopic (exact) mass is 379 g/mol. The number of fused-ring (bicyclic) bond motifs is 1. The van der Waals surface area contributed by atoms with Gasteiger partial charge in [0.1, 0.15) is 5.92 Å². The van der Waals surface area contributed by atoms with Crippen LogP contribution in [0.2, 0.25) is 0 Å². The number of nitrogens with zero attached hydrogens (tertiary/aromatic N) is 1. The second kappa shape index (κ2) is 8.38. The van der Waals surface area contributed by atoms with Crippen molar-refractivity contribution in [3.63, 3.8) is 0 Å². The molecule has 0 radical (unpaired) electrons. The van der Waals surface area contributed by atoms with Crippen LogP contribution in [0.25, 0.3) is 10.8 Å². The fourth-order valence-electron chi connectivity index (χ4n) is 3.81. The van der Waals surface area contributed by atoms with E-state index in [4.69, 9.17) is 9.47 Å². The zero-order chi connectivity index (χ0) is 20.3. The molecule has 0 fully saturated rings. The quantitative estimate of drug-likeness (QED) is 0.722. The Morgan fingerprint density at radius 3 is 2.32 bits per heavy atom. The third-order valence-corrected chi connectivity index (χ3v) is 5.00. The Bertz CT molecular complexity index is 973. The van der Waals surface area contributed by atoms with Crippen LogP contribution in [0.15, 0.2) is 58.7 Å². The fourth-order valence-corrected chi connectivity index (χ4v) is 3.81. The average Bonchev–Trinajstić information content (AvgIpc) is 2.67. The predicted molar refractivity (Wildman–Crippen MR) is 109 cm³/mol. The maximum Gasteiger partial charge on any atom is 0.336 e. The van der Waals surface area contributed by atoms with E-state index in [2.05, 4.69) is 4.99 Å². The van der Waals surface area contributed by atoms with Crippen molar-refractivity contribution in [3.05, 3.63) is 59.3 Å². The van der Waals surface area contributed by atoms with Crippen molar-refractivity contribution in [1.82, 2.24) is 0 Å². The predicted octanol–water partition coefficient (Wildman–Crippen LogP) is 4.41. The highest BCUT2D eigenvalue weighted by molar-refractivity contribution is 6.07. The van der Waals surface area contributed by atoms with Crippen LogP contribution in [0.3, 0.4) is 0 Å². The summed E-state index contributed by atoms with van der Waals surface area (Å²) in [6.07, 6.45) is 0. The molecule has 28 heavy (non-hydrogen) atoms. The Hall–Kier alpha value is -2.95. The lowest BCUT2D eigenvalue weighted by atomic mass is 9.75. The van der Waals surface area contributed by atoms with Gasteiger partial charge in [-0.25, -0.2) is 4.79 Å². The molecule has 3 rings (SSSR count). The van der Waals surface area contributed by atoms with E-state index in [0.717, 1.165) is 16.3 Å². The summed E-state index contributed by atoms with van der Waals surface area (Å²) in [6, 6.07) is 14.0. The summed E-state index contributed by atoms with van der Waals surface area (Å²) >= 11 is 0. The number of aliphatic imine (C=N–C) groups is 1. The van der Waals surface area contributed by atoms with Crippen LogP contribution < -0.4 is 0 Å². The SMILES string of the molecule is CCOC(=O)C1=C(C)N=C(C)C(C(=O)OCC)C1c1ccc2ccccc2c1. The van der Waals surface area contributed by atoms with Crippen LogP contribution in [0.5, 0.6) is 0 Å². The minimum atomic E-state index is -0.663. The van der Waals surface area contributed by atoms with Gasteiger partial charge in [-0.05, 0) is 44.0 Å². The third-order valence-electron chi connectivity index (χ3n) is 5.00. The Morgan fingerprint density at radius 1 is 0.964 bits per heavy atom. The normalized spacial score (nSPS) is 19.4. The molecule has 2 aromatic carbocycles. The number of allylic oxidation sites excluding steroid dienone is 1. The first-order chi connectivity index (χ1) is 13.5. The Kier molecular flexibility index (Phi) is 5.93. The minimum Gasteiger partial charge on any atom is -0.465 e. The molecule has 0 saturated heterocycles. The van der Waals surface area contributed by atoms with Gasteiger partial charge < -0.3 is 9.47 Å². The van der Waals surface area contributed by atoms with Gasteiger partial charge in [0, 0.05) is 17.3 Å². The van der Waals surface area contributed by atoms with E-state index in [0.29, 0.717) is 17.0 Å². The summed E-state index contributed by atoms with van der Waals surface area (Å²) in [5.74, 6) is -1.98. The maximum atomic E-state index is 12.8. The number of hydrogen-bond donors (Lipinski definition) is 0. The van der Waals surface area contributed by atoms with Gasteiger partial charge >= 0.3 is 11.9 Å². The van der Waals surface area contributed by atoms with Gasteiger partial charge in [-0.2, -0.15) is 0 Å². The molecule has 2 atom stereocenters. The first-order valence-electron chi connectivity index (χ1n) is 9.56. The van der Waals surface area contributed by atoms with Crippen molar-refractivity contribution < 1.29 is 19.1 Å². The molecule has 2 unspecified atom stereocenters.